The van der Waals surface area contributed by atoms with Gasteiger partial charge in [-0.1, -0.05) is 11.8 Å². The Hall–Kier alpha value is -2.61. The van der Waals surface area contributed by atoms with Crippen molar-refractivity contribution in [3.05, 3.63) is 48.5 Å². The second-order valence-corrected chi connectivity index (χ2v) is 6.78. The highest BCUT2D eigenvalue weighted by atomic mass is 32.2. The molecule has 1 saturated heterocycles. The predicted octanol–water partition coefficient (Wildman–Crippen LogP) is 3.49. The Labute approximate surface area is 154 Å². The van der Waals surface area contributed by atoms with E-state index in [2.05, 4.69) is 20.0 Å². The van der Waals surface area contributed by atoms with E-state index in [1.807, 2.05) is 17.0 Å². The number of nitrogens with zero attached hydrogens (tertiary/aromatic N) is 5. The molecule has 4 rings (SSSR count). The maximum atomic E-state index is 13.3. The van der Waals surface area contributed by atoms with Gasteiger partial charge in [-0.05, 0) is 30.5 Å². The molecule has 8 heteroatoms. The molecule has 1 aliphatic rings. The lowest BCUT2D eigenvalue weighted by molar-refractivity contribution is 0.188. The molecule has 3 heterocycles. The number of pyridine rings is 1. The van der Waals surface area contributed by atoms with Crippen LogP contribution in [-0.2, 0) is 0 Å². The van der Waals surface area contributed by atoms with Gasteiger partial charge < -0.3 is 9.64 Å². The van der Waals surface area contributed by atoms with Gasteiger partial charge in [0, 0.05) is 24.5 Å². The average molecular weight is 371 g/mol. The van der Waals surface area contributed by atoms with Crippen LogP contribution in [-0.4, -0.2) is 51.3 Å². The van der Waals surface area contributed by atoms with Crippen molar-refractivity contribution in [2.45, 2.75) is 6.04 Å². The lowest BCUT2D eigenvalue weighted by atomic mass is 10.1. The molecule has 1 fully saturated rings. The molecule has 134 valence electrons. The molecule has 6 nitrogen and oxygen atoms in total. The van der Waals surface area contributed by atoms with E-state index in [1.54, 1.807) is 43.4 Å². The minimum atomic E-state index is -0.239. The van der Waals surface area contributed by atoms with Crippen molar-refractivity contribution in [1.82, 2.24) is 19.7 Å². The molecule has 0 bridgehead atoms. The third-order valence-corrected chi connectivity index (χ3v) is 5.09. The molecule has 0 unspecified atom stereocenters. The number of benzene rings is 1. The molecule has 1 aliphatic heterocycles. The number of methoxy groups -OCH3 is 1. The van der Waals surface area contributed by atoms with Gasteiger partial charge in [0.15, 0.2) is 5.17 Å². The number of ether oxygens (including phenoxy) is 1. The van der Waals surface area contributed by atoms with Crippen molar-refractivity contribution in [1.29, 1.82) is 0 Å². The van der Waals surface area contributed by atoms with Gasteiger partial charge in [-0.25, -0.2) is 14.4 Å². The van der Waals surface area contributed by atoms with Crippen molar-refractivity contribution in [3.63, 3.8) is 0 Å². The maximum absolute atomic E-state index is 13.3. The van der Waals surface area contributed by atoms with Crippen molar-refractivity contribution in [2.75, 3.05) is 26.5 Å². The molecule has 0 radical (unpaired) electrons. The molecule has 0 saturated carbocycles. The molecule has 0 amide bonds. The number of fused-ring (bicyclic) bond motifs is 1. The zero-order chi connectivity index (χ0) is 18.1. The number of aliphatic imine (C=N–C) groups is 1. The number of hydrogen-bond acceptors (Lipinski definition) is 5. The fraction of sp³-hybridized carbons (Fsp3) is 0.278. The Kier molecular flexibility index (Phi) is 4.50. The zero-order valence-corrected chi connectivity index (χ0v) is 15.3. The predicted molar refractivity (Wildman–Crippen MR) is 102 cm³/mol. The normalized spacial score (nSPS) is 15.3. The lowest BCUT2D eigenvalue weighted by Gasteiger charge is -2.41. The van der Waals surface area contributed by atoms with Crippen molar-refractivity contribution in [3.8, 4) is 5.88 Å². The quantitative estimate of drug-likeness (QED) is 0.521. The highest BCUT2D eigenvalue weighted by Gasteiger charge is 2.32. The van der Waals surface area contributed by atoms with Gasteiger partial charge in [0.25, 0.3) is 0 Å². The molecular weight excluding hydrogens is 353 g/mol. The Morgan fingerprint density at radius 2 is 2.12 bits per heavy atom. The number of aromatic nitrogens is 3. The number of amidine groups is 1. The minimum Gasteiger partial charge on any atom is -0.481 e. The van der Waals surface area contributed by atoms with Crippen LogP contribution in [0, 0.1) is 5.82 Å². The Morgan fingerprint density at radius 3 is 2.81 bits per heavy atom. The highest BCUT2D eigenvalue weighted by Crippen LogP contribution is 2.29. The standard InChI is InChI=1S/C18H18FN5OS/c1-25-17-6-4-14(9-20-17)22-18(26-2)23-10-15(11-23)24-16-5-3-13(19)7-12(16)8-21-24/h3-9,15H,10-11H2,1-2H3/b22-18+. The van der Waals surface area contributed by atoms with Gasteiger partial charge in [-0.3, -0.25) is 4.68 Å². The molecule has 0 atom stereocenters. The van der Waals surface area contributed by atoms with E-state index in [4.69, 9.17) is 4.74 Å². The topological polar surface area (TPSA) is 55.5 Å². The van der Waals surface area contributed by atoms with Crippen LogP contribution >= 0.6 is 11.8 Å². The summed E-state index contributed by atoms with van der Waals surface area (Å²) in [5.74, 6) is 0.331. The van der Waals surface area contributed by atoms with E-state index < -0.39 is 0 Å². The molecule has 0 spiro atoms. The van der Waals surface area contributed by atoms with Crippen LogP contribution in [0.2, 0.25) is 0 Å². The molecular formula is C18H18FN5OS. The maximum Gasteiger partial charge on any atom is 0.213 e. The van der Waals surface area contributed by atoms with Crippen LogP contribution in [0.1, 0.15) is 6.04 Å². The van der Waals surface area contributed by atoms with Crippen LogP contribution in [0.3, 0.4) is 0 Å². The summed E-state index contributed by atoms with van der Waals surface area (Å²) in [6.07, 6.45) is 5.42. The summed E-state index contributed by atoms with van der Waals surface area (Å²) in [5.41, 5.74) is 1.75. The van der Waals surface area contributed by atoms with Gasteiger partial charge in [-0.15, -0.1) is 0 Å². The number of likely N-dealkylation sites (tertiary alicyclic amines) is 1. The summed E-state index contributed by atoms with van der Waals surface area (Å²) in [5, 5.41) is 6.20. The van der Waals surface area contributed by atoms with Crippen LogP contribution < -0.4 is 4.74 Å². The fourth-order valence-corrected chi connectivity index (χ4v) is 3.60. The van der Waals surface area contributed by atoms with Gasteiger partial charge >= 0.3 is 0 Å². The second-order valence-electron chi connectivity index (χ2n) is 6.01. The first-order valence-corrected chi connectivity index (χ1v) is 9.41. The summed E-state index contributed by atoms with van der Waals surface area (Å²) >= 11 is 1.60. The van der Waals surface area contributed by atoms with Crippen LogP contribution in [0.4, 0.5) is 10.1 Å². The van der Waals surface area contributed by atoms with Crippen molar-refractivity contribution >= 4 is 33.5 Å². The average Bonchev–Trinajstić information content (AvgIpc) is 3.03. The number of rotatable bonds is 3. The number of hydrogen-bond donors (Lipinski definition) is 0. The van der Waals surface area contributed by atoms with Crippen LogP contribution in [0.15, 0.2) is 47.7 Å². The Balaban J connectivity index is 1.48. The zero-order valence-electron chi connectivity index (χ0n) is 14.5. The van der Waals surface area contributed by atoms with E-state index in [0.29, 0.717) is 5.88 Å². The van der Waals surface area contributed by atoms with Crippen molar-refractivity contribution in [2.24, 2.45) is 4.99 Å². The second kappa shape index (κ2) is 6.95. The summed E-state index contributed by atoms with van der Waals surface area (Å²) in [7, 11) is 1.59. The van der Waals surface area contributed by atoms with Gasteiger partial charge in [0.05, 0.1) is 36.7 Å². The van der Waals surface area contributed by atoms with Gasteiger partial charge in [-0.2, -0.15) is 5.10 Å². The molecule has 0 aliphatic carbocycles. The Bertz CT molecular complexity index is 950. The van der Waals surface area contributed by atoms with E-state index >= 15 is 0 Å². The Morgan fingerprint density at radius 1 is 1.27 bits per heavy atom. The van der Waals surface area contributed by atoms with E-state index in [-0.39, 0.29) is 11.9 Å². The third-order valence-electron chi connectivity index (χ3n) is 4.37. The monoisotopic (exact) mass is 371 g/mol. The first-order chi connectivity index (χ1) is 12.7. The van der Waals surface area contributed by atoms with Gasteiger partial charge in [0.2, 0.25) is 5.88 Å². The van der Waals surface area contributed by atoms with E-state index in [0.717, 1.165) is 34.8 Å². The van der Waals surface area contributed by atoms with Crippen LogP contribution in [0.25, 0.3) is 10.9 Å². The minimum absolute atomic E-state index is 0.239. The molecule has 0 N–H and O–H groups in total. The first kappa shape index (κ1) is 16.8. The number of halogens is 1. The number of thioether (sulfide) groups is 1. The third kappa shape index (κ3) is 3.12. The summed E-state index contributed by atoms with van der Waals surface area (Å²) in [4.78, 5) is 11.1. The first-order valence-electron chi connectivity index (χ1n) is 8.18. The smallest absolute Gasteiger partial charge is 0.213 e. The highest BCUT2D eigenvalue weighted by molar-refractivity contribution is 8.13. The molecule has 26 heavy (non-hydrogen) atoms. The molecule has 2 aromatic heterocycles. The summed E-state index contributed by atoms with van der Waals surface area (Å²) in [6.45, 7) is 1.63. The van der Waals surface area contributed by atoms with Gasteiger partial charge in [0.1, 0.15) is 5.82 Å². The van der Waals surface area contributed by atoms with E-state index in [1.165, 1.54) is 12.1 Å². The lowest BCUT2D eigenvalue weighted by Crippen LogP contribution is -2.50. The summed E-state index contributed by atoms with van der Waals surface area (Å²) < 4.78 is 20.4. The molecule has 1 aromatic carbocycles. The largest absolute Gasteiger partial charge is 0.481 e. The van der Waals surface area contributed by atoms with E-state index in [9.17, 15) is 4.39 Å². The SMILES string of the molecule is COc1ccc(/N=C(/SC)N2CC(n3ncc4cc(F)ccc43)C2)cn1. The van der Waals surface area contributed by atoms with Crippen LogP contribution in [0.5, 0.6) is 5.88 Å². The molecule has 3 aromatic rings. The fourth-order valence-electron chi connectivity index (χ4n) is 3.00. The summed E-state index contributed by atoms with van der Waals surface area (Å²) in [6, 6.07) is 8.71. The van der Waals surface area contributed by atoms with Crippen molar-refractivity contribution < 1.29 is 9.13 Å².